The molecule has 3 unspecified atom stereocenters. The van der Waals surface area contributed by atoms with E-state index in [1.165, 1.54) is 42.7 Å². The molecule has 2 aliphatic heterocycles. The van der Waals surface area contributed by atoms with Crippen LogP contribution in [0.1, 0.15) is 12.8 Å². The van der Waals surface area contributed by atoms with Crippen LogP contribution in [0.5, 0.6) is 0 Å². The highest BCUT2D eigenvalue weighted by Crippen LogP contribution is 2.30. The molecule has 0 bridgehead atoms. The Morgan fingerprint density at radius 3 is 1.13 bits per heavy atom. The van der Waals surface area contributed by atoms with Crippen LogP contribution < -0.4 is 0 Å². The predicted octanol–water partition coefficient (Wildman–Crippen LogP) is 5.72. The normalized spacial score (nSPS) is 18.0. The summed E-state index contributed by atoms with van der Waals surface area (Å²) in [7, 11) is -9.83. The highest BCUT2D eigenvalue weighted by molar-refractivity contribution is 6.89. The molecule has 0 radical (unpaired) electrons. The van der Waals surface area contributed by atoms with Crippen LogP contribution in [0, 0.1) is 0 Å². The summed E-state index contributed by atoms with van der Waals surface area (Å²) in [4.78, 5) is 0. The van der Waals surface area contributed by atoms with Crippen molar-refractivity contribution in [3.8, 4) is 0 Å². The largest absolute Gasteiger partial charge is 0.669 e. The van der Waals surface area contributed by atoms with E-state index in [9.17, 15) is 0 Å². The van der Waals surface area contributed by atoms with Crippen molar-refractivity contribution in [3.05, 3.63) is 24.6 Å². The lowest BCUT2D eigenvalue weighted by molar-refractivity contribution is 0.0403. The molecule has 0 aromatic rings. The molecular formula is C37H92O21Si10. The third kappa shape index (κ3) is 27.9. The summed E-state index contributed by atoms with van der Waals surface area (Å²) in [6, 6.07) is 1.20. The van der Waals surface area contributed by atoms with Gasteiger partial charge in [0.25, 0.3) is 0 Å². The second-order valence-corrected chi connectivity index (χ2v) is 49.9. The zero-order chi connectivity index (χ0) is 52.6. The van der Waals surface area contributed by atoms with Crippen LogP contribution >= 0.6 is 0 Å². The molecule has 2 rings (SSSR count). The maximum Gasteiger partial charge on any atom is 0.669 e. The van der Waals surface area contributed by atoms with Crippen molar-refractivity contribution in [1.82, 2.24) is 0 Å². The third-order valence-corrected chi connectivity index (χ3v) is 42.5. The van der Waals surface area contributed by atoms with Crippen LogP contribution in [0.2, 0.25) is 84.1 Å². The van der Waals surface area contributed by atoms with Gasteiger partial charge in [-0.15, -0.1) is 13.2 Å². The minimum Gasteiger partial charge on any atom is -0.439 e. The number of epoxide rings is 2. The number of hydrogen-bond acceptors (Lipinski definition) is 21. The molecule has 2 heterocycles. The molecule has 0 saturated carbocycles. The van der Waals surface area contributed by atoms with Crippen molar-refractivity contribution in [1.29, 1.82) is 0 Å². The molecule has 3 atom stereocenters. The van der Waals surface area contributed by atoms with E-state index in [4.69, 9.17) is 92.0 Å². The van der Waals surface area contributed by atoms with E-state index in [-0.39, 0.29) is 12.2 Å². The Morgan fingerprint density at radius 1 is 0.471 bits per heavy atom. The third-order valence-electron chi connectivity index (χ3n) is 9.54. The number of ether oxygens (including phenoxy) is 4. The second-order valence-electron chi connectivity index (χ2n) is 17.7. The molecule has 2 aliphatic rings. The van der Waals surface area contributed by atoms with Gasteiger partial charge in [0.05, 0.1) is 26.4 Å². The van der Waals surface area contributed by atoms with E-state index >= 15 is 0 Å². The molecule has 0 spiro atoms. The van der Waals surface area contributed by atoms with Gasteiger partial charge in [-0.1, -0.05) is 11.4 Å². The standard InChI is InChI=1S/C21H46O11Si4.C9H24O5Si3.C7H22O5Si3/c1-9-34(8,32-36(24-4,25-5)15-11-13-27-17-21-19-29-21)30-33(6,7)31-35(22-2,23-3)14-10-12-26-16-20-18-28-20;1-9-15(5,6)13-16(7,8)14-17(10-2,11-3)12-4;1-8-15(9-2,10-3)12-14(6,7)11-13(4)5/h9,20-21H,1,10-19H2,2-8H3;9H,1H2,2-8H3;13H,1-7H3. The summed E-state index contributed by atoms with van der Waals surface area (Å²) in [6.07, 6.45) is 1.97. The van der Waals surface area contributed by atoms with Crippen molar-refractivity contribution in [2.24, 2.45) is 0 Å². The minimum atomic E-state index is -3.04. The Hall–Kier alpha value is 0.809. The molecular weight excluding hydrogens is 1060 g/mol. The van der Waals surface area contributed by atoms with Crippen molar-refractivity contribution in [2.75, 3.05) is 111 Å². The van der Waals surface area contributed by atoms with Crippen LogP contribution in [-0.4, -0.2) is 210 Å². The summed E-state index contributed by atoms with van der Waals surface area (Å²) >= 11 is 0. The Balaban J connectivity index is 0.00000116. The molecule has 2 fully saturated rings. The van der Waals surface area contributed by atoms with Gasteiger partial charge in [-0.05, 0) is 84.9 Å². The van der Waals surface area contributed by atoms with Gasteiger partial charge in [-0.2, -0.15) is 0 Å². The van der Waals surface area contributed by atoms with Crippen molar-refractivity contribution in [2.45, 2.75) is 109 Å². The van der Waals surface area contributed by atoms with E-state index in [2.05, 4.69) is 39.3 Å². The molecule has 68 heavy (non-hydrogen) atoms. The van der Waals surface area contributed by atoms with Crippen LogP contribution in [0.4, 0.5) is 0 Å². The summed E-state index contributed by atoms with van der Waals surface area (Å²) in [5.41, 5.74) is 3.61. The van der Waals surface area contributed by atoms with Gasteiger partial charge in [0, 0.05) is 96.4 Å². The first kappa shape index (κ1) is 68.8. The topological polar surface area (TPSA) is 200 Å². The van der Waals surface area contributed by atoms with E-state index in [1.54, 1.807) is 34.1 Å². The van der Waals surface area contributed by atoms with Gasteiger partial charge in [0.1, 0.15) is 12.2 Å². The Morgan fingerprint density at radius 2 is 0.824 bits per heavy atom. The zero-order valence-electron chi connectivity index (χ0n) is 45.4. The van der Waals surface area contributed by atoms with Crippen LogP contribution in [-0.2, 0) is 92.0 Å². The quantitative estimate of drug-likeness (QED) is 0.0413. The molecule has 21 nitrogen and oxygen atoms in total. The molecule has 2 saturated heterocycles. The second kappa shape index (κ2) is 32.3. The summed E-state index contributed by atoms with van der Waals surface area (Å²) in [6.45, 7) is 33.8. The molecule has 406 valence electrons. The van der Waals surface area contributed by atoms with Gasteiger partial charge in [0.15, 0.2) is 17.4 Å². The zero-order valence-corrected chi connectivity index (χ0v) is 55.6. The fourth-order valence-electron chi connectivity index (χ4n) is 6.32. The molecule has 0 aromatic heterocycles. The van der Waals surface area contributed by atoms with Crippen LogP contribution in [0.25, 0.3) is 0 Å². The Kier molecular flexibility index (Phi) is 32.7. The smallest absolute Gasteiger partial charge is 0.439 e. The highest BCUT2D eigenvalue weighted by Gasteiger charge is 2.53. The summed E-state index contributed by atoms with van der Waals surface area (Å²) < 4.78 is 119. The summed E-state index contributed by atoms with van der Waals surface area (Å²) in [5, 5.41) is 0. The minimum absolute atomic E-state index is 0.241. The van der Waals surface area contributed by atoms with Crippen molar-refractivity contribution in [3.63, 3.8) is 0 Å². The molecule has 0 aromatic carbocycles. The highest BCUT2D eigenvalue weighted by atomic mass is 28.5. The monoisotopic (exact) mass is 1150 g/mol. The van der Waals surface area contributed by atoms with Gasteiger partial charge in [-0.25, -0.2) is 0 Å². The maximum atomic E-state index is 6.60. The van der Waals surface area contributed by atoms with Gasteiger partial charge >= 0.3 is 69.9 Å². The fourth-order valence-corrected chi connectivity index (χ4v) is 40.8. The lowest BCUT2D eigenvalue weighted by Crippen LogP contribution is -2.61. The Labute approximate surface area is 421 Å². The first-order chi connectivity index (χ1) is 31.5. The summed E-state index contributed by atoms with van der Waals surface area (Å²) in [5.74, 6) is 0. The van der Waals surface area contributed by atoms with Gasteiger partial charge < -0.3 is 92.0 Å². The molecule has 0 amide bonds. The first-order valence-corrected chi connectivity index (χ1v) is 46.3. The molecule has 0 aliphatic carbocycles. The van der Waals surface area contributed by atoms with Crippen molar-refractivity contribution >= 4 is 87.3 Å². The van der Waals surface area contributed by atoms with Gasteiger partial charge in [-0.3, -0.25) is 0 Å². The van der Waals surface area contributed by atoms with Gasteiger partial charge in [0.2, 0.25) is 0 Å². The van der Waals surface area contributed by atoms with E-state index < -0.39 is 87.3 Å². The number of rotatable bonds is 38. The predicted molar refractivity (Wildman–Crippen MR) is 281 cm³/mol. The van der Waals surface area contributed by atoms with E-state index in [1.807, 2.05) is 51.5 Å². The van der Waals surface area contributed by atoms with Crippen LogP contribution in [0.15, 0.2) is 24.6 Å². The average Bonchev–Trinajstić information content (AvgIpc) is 4.23. The Bertz CT molecular complexity index is 1350. The molecule has 0 N–H and O–H groups in total. The van der Waals surface area contributed by atoms with Crippen molar-refractivity contribution < 1.29 is 92.0 Å². The van der Waals surface area contributed by atoms with E-state index in [0.29, 0.717) is 38.5 Å². The average molecular weight is 1150 g/mol. The maximum absolute atomic E-state index is 6.60. The lowest BCUT2D eigenvalue weighted by atomic mass is 10.5. The SMILES string of the molecule is C=C[Si](C)(C)O[Si](C)(C)O[Si](OC)(OC)OC.C=C[Si](C)(O[Si](C)(C)O[Si](CCCOCC1CO1)(OC)OC)O[Si](CCCOCC1CO1)(OC)OC.CO[Si](OC)(OC)O[Si](C)(C)O[SiH](C)C. The lowest BCUT2D eigenvalue weighted by Gasteiger charge is -2.41. The number of hydrogen-bond donors (Lipinski definition) is 0. The fraction of sp³-hybridized carbons (Fsp3) is 0.892. The van der Waals surface area contributed by atoms with E-state index in [0.717, 1.165) is 26.1 Å². The molecule has 31 heteroatoms. The van der Waals surface area contributed by atoms with Crippen LogP contribution in [0.3, 0.4) is 0 Å². The first-order valence-electron chi connectivity index (χ1n) is 22.6.